The summed E-state index contributed by atoms with van der Waals surface area (Å²) in [5.41, 5.74) is 2.79. The van der Waals surface area contributed by atoms with E-state index in [-0.39, 0.29) is 0 Å². The summed E-state index contributed by atoms with van der Waals surface area (Å²) in [6, 6.07) is 9.29. The van der Waals surface area contributed by atoms with Gasteiger partial charge in [0.05, 0.1) is 0 Å². The Kier molecular flexibility index (Phi) is 2.98. The fourth-order valence-electron chi connectivity index (χ4n) is 2.33. The molecule has 1 aromatic heterocycles. The number of nitrogens with zero attached hydrogens (tertiary/aromatic N) is 2. The van der Waals surface area contributed by atoms with E-state index in [9.17, 15) is 0 Å². The topological polar surface area (TPSA) is 60.2 Å². The molecule has 0 saturated heterocycles. The van der Waals surface area contributed by atoms with Crippen molar-refractivity contribution in [3.63, 3.8) is 0 Å². The summed E-state index contributed by atoms with van der Waals surface area (Å²) in [4.78, 5) is 0. The van der Waals surface area contributed by atoms with Gasteiger partial charge in [0.1, 0.15) is 6.61 Å². The molecule has 0 atom stereocenters. The minimum atomic E-state index is 0.332. The number of hydrogen-bond acceptors (Lipinski definition) is 5. The Morgan fingerprint density at radius 2 is 2.00 bits per heavy atom. The van der Waals surface area contributed by atoms with E-state index in [1.807, 2.05) is 0 Å². The highest BCUT2D eigenvalue weighted by molar-refractivity contribution is 5.37. The molecule has 0 radical (unpaired) electrons. The molecule has 1 heterocycles. The number of anilines is 1. The Morgan fingerprint density at radius 3 is 2.67 bits per heavy atom. The van der Waals surface area contributed by atoms with E-state index >= 15 is 0 Å². The standard InChI is InChI=1S/C13H15N3O2/c1-17-8-12-15-16-13(18-12)14-11-6-9-4-2-3-5-10(9)7-11/h2-5,11H,6-8H2,1H3,(H,14,16). The maximum Gasteiger partial charge on any atom is 0.315 e. The van der Waals surface area contributed by atoms with Crippen molar-refractivity contribution in [3.05, 3.63) is 41.3 Å². The Labute approximate surface area is 105 Å². The number of fused-ring (bicyclic) bond motifs is 1. The van der Waals surface area contributed by atoms with Gasteiger partial charge in [0.15, 0.2) is 0 Å². The second-order valence-electron chi connectivity index (χ2n) is 4.45. The number of hydrogen-bond donors (Lipinski definition) is 1. The first-order chi connectivity index (χ1) is 8.85. The zero-order valence-corrected chi connectivity index (χ0v) is 10.2. The fourth-order valence-corrected chi connectivity index (χ4v) is 2.33. The monoisotopic (exact) mass is 245 g/mol. The largest absolute Gasteiger partial charge is 0.406 e. The van der Waals surface area contributed by atoms with Crippen LogP contribution in [-0.2, 0) is 24.2 Å². The second kappa shape index (κ2) is 4.78. The van der Waals surface area contributed by atoms with Crippen LogP contribution < -0.4 is 5.32 Å². The minimum absolute atomic E-state index is 0.332. The predicted molar refractivity (Wildman–Crippen MR) is 66.3 cm³/mol. The molecule has 0 bridgehead atoms. The Morgan fingerprint density at radius 1 is 1.28 bits per heavy atom. The molecule has 5 nitrogen and oxygen atoms in total. The lowest BCUT2D eigenvalue weighted by Crippen LogP contribution is -2.19. The lowest BCUT2D eigenvalue weighted by Gasteiger charge is -2.08. The van der Waals surface area contributed by atoms with Crippen LogP contribution in [0.2, 0.25) is 0 Å². The van der Waals surface area contributed by atoms with Crippen LogP contribution in [0.1, 0.15) is 17.0 Å². The van der Waals surface area contributed by atoms with E-state index < -0.39 is 0 Å². The number of ether oxygens (including phenoxy) is 1. The summed E-state index contributed by atoms with van der Waals surface area (Å²) >= 11 is 0. The summed E-state index contributed by atoms with van der Waals surface area (Å²) < 4.78 is 10.4. The second-order valence-corrected chi connectivity index (χ2v) is 4.45. The van der Waals surface area contributed by atoms with Gasteiger partial charge in [-0.15, -0.1) is 5.10 Å². The van der Waals surface area contributed by atoms with Crippen LogP contribution >= 0.6 is 0 Å². The minimum Gasteiger partial charge on any atom is -0.406 e. The van der Waals surface area contributed by atoms with Gasteiger partial charge in [-0.1, -0.05) is 29.4 Å². The van der Waals surface area contributed by atoms with Gasteiger partial charge in [-0.3, -0.25) is 0 Å². The van der Waals surface area contributed by atoms with Crippen LogP contribution in [0.4, 0.5) is 6.01 Å². The van der Waals surface area contributed by atoms with Gasteiger partial charge in [0, 0.05) is 13.2 Å². The summed E-state index contributed by atoms with van der Waals surface area (Å²) in [5, 5.41) is 11.1. The molecule has 0 aliphatic heterocycles. The molecule has 0 saturated carbocycles. The van der Waals surface area contributed by atoms with E-state index in [1.165, 1.54) is 11.1 Å². The third kappa shape index (κ3) is 2.22. The molecule has 1 aromatic carbocycles. The first-order valence-corrected chi connectivity index (χ1v) is 6.00. The smallest absolute Gasteiger partial charge is 0.315 e. The van der Waals surface area contributed by atoms with Gasteiger partial charge in [0.25, 0.3) is 0 Å². The van der Waals surface area contributed by atoms with Gasteiger partial charge in [0.2, 0.25) is 5.89 Å². The molecule has 0 fully saturated rings. The molecule has 1 aliphatic carbocycles. The molecule has 18 heavy (non-hydrogen) atoms. The Bertz CT molecular complexity index is 514. The van der Waals surface area contributed by atoms with Crippen LogP contribution in [0, 0.1) is 0 Å². The average Bonchev–Trinajstić information content (AvgIpc) is 2.96. The third-order valence-electron chi connectivity index (χ3n) is 3.11. The van der Waals surface area contributed by atoms with Crippen molar-refractivity contribution in [1.82, 2.24) is 10.2 Å². The number of rotatable bonds is 4. The SMILES string of the molecule is COCc1nnc(NC2Cc3ccccc3C2)o1. The van der Waals surface area contributed by atoms with Crippen molar-refractivity contribution >= 4 is 6.01 Å². The van der Waals surface area contributed by atoms with Crippen LogP contribution in [0.15, 0.2) is 28.7 Å². The molecular formula is C13H15N3O2. The van der Waals surface area contributed by atoms with E-state index in [0.717, 1.165) is 12.8 Å². The highest BCUT2D eigenvalue weighted by atomic mass is 16.5. The van der Waals surface area contributed by atoms with E-state index in [0.29, 0.717) is 24.6 Å². The zero-order chi connectivity index (χ0) is 12.4. The van der Waals surface area contributed by atoms with Crippen LogP contribution in [0.25, 0.3) is 0 Å². The number of methoxy groups -OCH3 is 1. The summed E-state index contributed by atoms with van der Waals surface area (Å²) in [7, 11) is 1.60. The Balaban J connectivity index is 1.65. The van der Waals surface area contributed by atoms with Crippen LogP contribution in [0.5, 0.6) is 0 Å². The lowest BCUT2D eigenvalue weighted by atomic mass is 10.1. The van der Waals surface area contributed by atoms with Gasteiger partial charge in [-0.25, -0.2) is 0 Å². The third-order valence-corrected chi connectivity index (χ3v) is 3.11. The summed E-state index contributed by atoms with van der Waals surface area (Å²) in [5.74, 6) is 0.496. The molecule has 1 N–H and O–H groups in total. The highest BCUT2D eigenvalue weighted by Gasteiger charge is 2.22. The summed E-state index contributed by atoms with van der Waals surface area (Å²) in [6.07, 6.45) is 2.00. The van der Waals surface area contributed by atoms with Crippen molar-refractivity contribution in [1.29, 1.82) is 0 Å². The maximum atomic E-state index is 5.43. The van der Waals surface area contributed by atoms with Gasteiger partial charge in [-0.2, -0.15) is 0 Å². The predicted octanol–water partition coefficient (Wildman–Crippen LogP) is 1.80. The lowest BCUT2D eigenvalue weighted by molar-refractivity contribution is 0.160. The van der Waals surface area contributed by atoms with Crippen molar-refractivity contribution in [2.24, 2.45) is 0 Å². The molecule has 1 aliphatic rings. The number of benzene rings is 1. The molecule has 3 rings (SSSR count). The first kappa shape index (κ1) is 11.2. The average molecular weight is 245 g/mol. The number of nitrogens with one attached hydrogen (secondary N) is 1. The number of aromatic nitrogens is 2. The molecule has 0 unspecified atom stereocenters. The molecule has 0 amide bonds. The molecule has 94 valence electrons. The van der Waals surface area contributed by atoms with Crippen molar-refractivity contribution in [3.8, 4) is 0 Å². The van der Waals surface area contributed by atoms with Gasteiger partial charge >= 0.3 is 6.01 Å². The molecule has 5 heteroatoms. The zero-order valence-electron chi connectivity index (χ0n) is 10.2. The van der Waals surface area contributed by atoms with Crippen molar-refractivity contribution in [2.45, 2.75) is 25.5 Å². The van der Waals surface area contributed by atoms with Gasteiger partial charge in [-0.05, 0) is 24.0 Å². The van der Waals surface area contributed by atoms with Gasteiger partial charge < -0.3 is 14.5 Å². The summed E-state index contributed by atoms with van der Waals surface area (Å²) in [6.45, 7) is 0.347. The quantitative estimate of drug-likeness (QED) is 0.890. The molecule has 0 spiro atoms. The van der Waals surface area contributed by atoms with Crippen molar-refractivity contribution < 1.29 is 9.15 Å². The van der Waals surface area contributed by atoms with E-state index in [4.69, 9.17) is 9.15 Å². The molecule has 2 aromatic rings. The Hall–Kier alpha value is -1.88. The normalized spacial score (nSPS) is 14.7. The van der Waals surface area contributed by atoms with E-state index in [2.05, 4.69) is 39.8 Å². The van der Waals surface area contributed by atoms with E-state index in [1.54, 1.807) is 7.11 Å². The highest BCUT2D eigenvalue weighted by Crippen LogP contribution is 2.24. The maximum absolute atomic E-state index is 5.43. The first-order valence-electron chi connectivity index (χ1n) is 6.00. The fraction of sp³-hybridized carbons (Fsp3) is 0.385. The van der Waals surface area contributed by atoms with Crippen molar-refractivity contribution in [2.75, 3.05) is 12.4 Å². The molecular weight excluding hydrogens is 230 g/mol. The van der Waals surface area contributed by atoms with Crippen LogP contribution in [0.3, 0.4) is 0 Å². The van der Waals surface area contributed by atoms with Crippen LogP contribution in [-0.4, -0.2) is 23.3 Å².